The molecule has 2 atom stereocenters. The highest BCUT2D eigenvalue weighted by Crippen LogP contribution is 2.45. The minimum atomic E-state index is -0.826. The first kappa shape index (κ1) is 51.6. The molecule has 0 radical (unpaired) electrons. The maximum Gasteiger partial charge on any atom is 0.508 e. The summed E-state index contributed by atoms with van der Waals surface area (Å²) >= 11 is 12.8. The fourth-order valence-electron chi connectivity index (χ4n) is 8.18. The number of fused-ring (bicyclic) bond motifs is 2. The molecule has 2 amide bonds. The molecule has 3 aliphatic rings. The Balaban J connectivity index is 1.13. The lowest BCUT2D eigenvalue weighted by molar-refractivity contribution is -0.492. The van der Waals surface area contributed by atoms with Crippen LogP contribution < -0.4 is 9.47 Å². The predicted octanol–water partition coefficient (Wildman–Crippen LogP) is 8.45. The van der Waals surface area contributed by atoms with E-state index < -0.39 is 18.3 Å². The first-order valence-corrected chi connectivity index (χ1v) is 23.2. The molecule has 0 spiro atoms. The quantitative estimate of drug-likeness (QED) is 0.0336. The Hall–Kier alpha value is -4.80. The molecular weight excluding hydrogens is 917 g/mol. The smallest absolute Gasteiger partial charge is 0.490 e. The molecule has 1 saturated carbocycles. The van der Waals surface area contributed by atoms with Gasteiger partial charge in [-0.1, -0.05) is 47.5 Å². The Morgan fingerprint density at radius 3 is 2.01 bits per heavy atom. The number of hydrogen-bond donors (Lipinski definition) is 4. The van der Waals surface area contributed by atoms with E-state index in [0.717, 1.165) is 46.2 Å². The van der Waals surface area contributed by atoms with Gasteiger partial charge in [-0.25, -0.2) is 14.6 Å². The van der Waals surface area contributed by atoms with E-state index in [-0.39, 0.29) is 68.4 Å². The summed E-state index contributed by atoms with van der Waals surface area (Å²) < 4.78 is 27.9. The molecule has 1 aliphatic carbocycles. The van der Waals surface area contributed by atoms with Crippen LogP contribution in [0.25, 0.3) is 5.57 Å². The number of benzene rings is 2. The molecule has 1 saturated heterocycles. The van der Waals surface area contributed by atoms with Crippen molar-refractivity contribution in [1.82, 2.24) is 25.6 Å². The van der Waals surface area contributed by atoms with Crippen LogP contribution in [0.4, 0.5) is 9.59 Å². The van der Waals surface area contributed by atoms with Crippen LogP contribution in [0.1, 0.15) is 92.0 Å². The molecule has 21 heteroatoms. The minimum Gasteiger partial charge on any atom is -0.490 e. The maximum atomic E-state index is 15.2. The summed E-state index contributed by atoms with van der Waals surface area (Å²) in [5.41, 5.74) is 5.96. The number of rotatable bonds is 26. The van der Waals surface area contributed by atoms with Gasteiger partial charge in [-0.15, -0.1) is 0 Å². The highest BCUT2D eigenvalue weighted by atomic mass is 35.5. The predicted molar refractivity (Wildman–Crippen MR) is 240 cm³/mol. The monoisotopic (exact) mass is 975 g/mol. The second-order valence-corrected chi connectivity index (χ2v) is 17.3. The number of aromatic nitrogens is 1. The van der Waals surface area contributed by atoms with Crippen LogP contribution in [0.5, 0.6) is 11.6 Å². The SMILES string of the molecule is Cc1cc(Cl)c(OCCc2ccc(C3=C(C(=O)N(Cc4ccnc(OCCCOC(=O)OCCCCON(O)O)c4C)C4CC4)C4CCC(C3)N4C(=O)OCCCCON(O)O)cc2)c(Cl)c1. The number of pyridine rings is 1. The third kappa shape index (κ3) is 15.1. The van der Waals surface area contributed by atoms with E-state index in [1.54, 1.807) is 23.2 Å². The van der Waals surface area contributed by atoms with Gasteiger partial charge in [0, 0.05) is 48.8 Å². The number of carbonyl (C=O) groups is 3. The number of carbonyl (C=O) groups excluding carboxylic acids is 3. The summed E-state index contributed by atoms with van der Waals surface area (Å²) in [6, 6.07) is 12.9. The van der Waals surface area contributed by atoms with Crippen molar-refractivity contribution in [2.45, 2.75) is 109 Å². The second-order valence-electron chi connectivity index (χ2n) is 16.5. The lowest BCUT2D eigenvalue weighted by Gasteiger charge is -2.38. The molecule has 2 aromatic carbocycles. The van der Waals surface area contributed by atoms with Crippen molar-refractivity contribution in [3.05, 3.63) is 92.1 Å². The van der Waals surface area contributed by atoms with Crippen LogP contribution in [-0.4, -0.2) is 129 Å². The number of halogens is 2. The zero-order chi connectivity index (χ0) is 47.9. The summed E-state index contributed by atoms with van der Waals surface area (Å²) in [7, 11) is 0. The van der Waals surface area contributed by atoms with E-state index in [0.29, 0.717) is 98.2 Å². The highest BCUT2D eigenvalue weighted by Gasteiger charge is 2.49. The Bertz CT molecular complexity index is 2140. The molecule has 3 aromatic rings. The Morgan fingerprint density at radius 2 is 1.37 bits per heavy atom. The van der Waals surface area contributed by atoms with E-state index in [9.17, 15) is 9.59 Å². The molecule has 67 heavy (non-hydrogen) atoms. The van der Waals surface area contributed by atoms with Crippen molar-refractivity contribution < 1.29 is 68.6 Å². The van der Waals surface area contributed by atoms with E-state index in [4.69, 9.17) is 67.7 Å². The van der Waals surface area contributed by atoms with Gasteiger partial charge in [-0.05, 0) is 118 Å². The lowest BCUT2D eigenvalue weighted by Crippen LogP contribution is -2.49. The third-order valence-corrected chi connectivity index (χ3v) is 12.2. The van der Waals surface area contributed by atoms with Crippen molar-refractivity contribution in [1.29, 1.82) is 0 Å². The van der Waals surface area contributed by atoms with E-state index in [1.165, 1.54) is 0 Å². The van der Waals surface area contributed by atoms with Gasteiger partial charge in [0.05, 0.1) is 73.1 Å². The van der Waals surface area contributed by atoms with Crippen LogP contribution in [0.3, 0.4) is 0 Å². The molecular formula is C46H59Cl2N5O14. The van der Waals surface area contributed by atoms with Gasteiger partial charge in [0.1, 0.15) is 0 Å². The van der Waals surface area contributed by atoms with Gasteiger partial charge in [-0.3, -0.25) is 40.2 Å². The van der Waals surface area contributed by atoms with Crippen LogP contribution in [-0.2, 0) is 41.6 Å². The van der Waals surface area contributed by atoms with Crippen molar-refractivity contribution in [3.63, 3.8) is 0 Å². The molecule has 366 valence electrons. The Morgan fingerprint density at radius 1 is 0.746 bits per heavy atom. The molecule has 19 nitrogen and oxygen atoms in total. The lowest BCUT2D eigenvalue weighted by atomic mass is 9.87. The first-order chi connectivity index (χ1) is 32.3. The molecule has 2 bridgehead atoms. The summed E-state index contributed by atoms with van der Waals surface area (Å²) in [6.07, 6.45) is 6.44. The number of nitrogens with zero attached hydrogens (tertiary/aromatic N) is 5. The summed E-state index contributed by atoms with van der Waals surface area (Å²) in [6.45, 7) is 4.95. The van der Waals surface area contributed by atoms with Crippen LogP contribution in [0, 0.1) is 13.8 Å². The average molecular weight is 977 g/mol. The van der Waals surface area contributed by atoms with E-state index >= 15 is 4.79 Å². The van der Waals surface area contributed by atoms with Crippen molar-refractivity contribution in [2.24, 2.45) is 0 Å². The van der Waals surface area contributed by atoms with Crippen molar-refractivity contribution in [3.8, 4) is 11.6 Å². The third-order valence-electron chi connectivity index (χ3n) is 11.7. The highest BCUT2D eigenvalue weighted by molar-refractivity contribution is 6.37. The molecule has 2 aliphatic heterocycles. The number of aryl methyl sites for hydroxylation is 1. The van der Waals surface area contributed by atoms with Crippen molar-refractivity contribution in [2.75, 3.05) is 46.2 Å². The average Bonchev–Trinajstić information content (AvgIpc) is 4.09. The number of amides is 2. The van der Waals surface area contributed by atoms with Gasteiger partial charge in [0.2, 0.25) is 5.88 Å². The van der Waals surface area contributed by atoms with Gasteiger partial charge in [0.25, 0.3) is 5.91 Å². The van der Waals surface area contributed by atoms with Gasteiger partial charge in [-0.2, -0.15) is 0 Å². The standard InChI is InChI=1S/C46H59Cl2N5O14/c1-30-26-38(47)42(39(48)27-30)61-25-17-32-8-10-33(11-9-32)37-28-36-14-15-40(51(36)45(55)63-19-3-5-23-66-52(57)58)41(37)44(54)50(35-12-13-35)29-34-16-18-49-43(31(34)2)62-21-7-22-65-46(56)64-20-4-6-24-67-53(59)60/h8-11,16,18,26-27,35-36,40,57-60H,3-7,12-15,17,19-25,28-29H2,1-2H3. The topological polar surface area (TPSA) is 223 Å². The summed E-state index contributed by atoms with van der Waals surface area (Å²) in [4.78, 5) is 58.1. The molecule has 2 unspecified atom stereocenters. The fourth-order valence-corrected chi connectivity index (χ4v) is 8.89. The molecule has 4 N–H and O–H groups in total. The molecule has 2 fully saturated rings. The van der Waals surface area contributed by atoms with Gasteiger partial charge in [0.15, 0.2) is 5.75 Å². The number of unbranched alkanes of at least 4 members (excludes halogenated alkanes) is 2. The number of ether oxygens (including phenoxy) is 5. The van der Waals surface area contributed by atoms with E-state index in [2.05, 4.69) is 14.7 Å². The van der Waals surface area contributed by atoms with Gasteiger partial charge >= 0.3 is 12.2 Å². The zero-order valence-electron chi connectivity index (χ0n) is 37.6. The van der Waals surface area contributed by atoms with Crippen molar-refractivity contribution >= 4 is 46.9 Å². The largest absolute Gasteiger partial charge is 0.508 e. The molecule has 1 aromatic heterocycles. The normalized spacial score (nSPS) is 16.7. The van der Waals surface area contributed by atoms with E-state index in [1.807, 2.05) is 49.1 Å². The summed E-state index contributed by atoms with van der Waals surface area (Å²) in [5.74, 6) is 0.699. The zero-order valence-corrected chi connectivity index (χ0v) is 39.2. The molecule has 3 heterocycles. The van der Waals surface area contributed by atoms with Crippen LogP contribution in [0.15, 0.2) is 54.2 Å². The first-order valence-electron chi connectivity index (χ1n) is 22.5. The Labute approximate surface area is 398 Å². The maximum absolute atomic E-state index is 15.2. The fraction of sp³-hybridized carbons (Fsp3) is 0.522. The van der Waals surface area contributed by atoms with Gasteiger partial charge < -0.3 is 28.6 Å². The van der Waals surface area contributed by atoms with Crippen LogP contribution in [0.2, 0.25) is 10.0 Å². The number of hydrogen-bond acceptors (Lipinski definition) is 17. The second kappa shape index (κ2) is 25.5. The van der Waals surface area contributed by atoms with Crippen LogP contribution >= 0.6 is 23.2 Å². The molecule has 6 rings (SSSR count). The Kier molecular flexibility index (Phi) is 19.7. The summed E-state index contributed by atoms with van der Waals surface area (Å²) in [5, 5.41) is 34.8. The minimum absolute atomic E-state index is 0.00305.